The molecule has 2 aromatic rings. The molecule has 0 heterocycles. The topological polar surface area (TPSA) is 26.3 Å². The van der Waals surface area contributed by atoms with E-state index in [0.717, 1.165) is 6.29 Å². The molecule has 0 aliphatic carbocycles. The summed E-state index contributed by atoms with van der Waals surface area (Å²) in [6, 6.07) is 8.09. The van der Waals surface area contributed by atoms with Gasteiger partial charge < -0.3 is 4.74 Å². The number of carbonyl (C=O) groups excluding carboxylic acids is 1. The Labute approximate surface area is 140 Å². The van der Waals surface area contributed by atoms with Gasteiger partial charge in [0.2, 0.25) is 0 Å². The van der Waals surface area contributed by atoms with Crippen LogP contribution in [0.2, 0.25) is 0 Å². The van der Waals surface area contributed by atoms with E-state index in [-0.39, 0.29) is 12.4 Å². The van der Waals surface area contributed by atoms with Crippen LogP contribution in [0.25, 0.3) is 0 Å². The van der Waals surface area contributed by atoms with Crippen molar-refractivity contribution in [1.82, 2.24) is 0 Å². The molecule has 0 bridgehead atoms. The van der Waals surface area contributed by atoms with E-state index < -0.39 is 0 Å². The smallest absolute Gasteiger partial charge is 0.150 e. The van der Waals surface area contributed by atoms with Crippen LogP contribution in [-0.2, 0) is 6.61 Å². The Kier molecular flexibility index (Phi) is 5.35. The molecule has 0 aliphatic rings. The molecule has 0 spiro atoms. The molecule has 0 saturated carbocycles. The molecule has 6 heteroatoms. The summed E-state index contributed by atoms with van der Waals surface area (Å²) in [5.41, 5.74) is 1.23. The van der Waals surface area contributed by atoms with Crippen molar-refractivity contribution in [2.24, 2.45) is 0 Å². The Morgan fingerprint density at radius 3 is 2.40 bits per heavy atom. The molecule has 0 aliphatic heterocycles. The molecule has 0 unspecified atom stereocenters. The fourth-order valence-corrected chi connectivity index (χ4v) is 3.42. The van der Waals surface area contributed by atoms with E-state index in [0.29, 0.717) is 30.3 Å². The van der Waals surface area contributed by atoms with Crippen molar-refractivity contribution >= 4 is 54.1 Å². The molecule has 20 heavy (non-hydrogen) atoms. The lowest BCUT2D eigenvalue weighted by Crippen LogP contribution is -1.99. The zero-order chi connectivity index (χ0) is 14.7. The first-order valence-electron chi connectivity index (χ1n) is 5.53. The van der Waals surface area contributed by atoms with E-state index in [1.807, 2.05) is 0 Å². The SMILES string of the molecule is O=Cc1cc(Br)c(OCc2cccc(F)c2Br)c(Br)c1. The number of hydrogen-bond acceptors (Lipinski definition) is 2. The number of rotatable bonds is 4. The Bertz CT molecular complexity index is 636. The van der Waals surface area contributed by atoms with Gasteiger partial charge >= 0.3 is 0 Å². The zero-order valence-corrected chi connectivity index (χ0v) is 14.8. The van der Waals surface area contributed by atoms with Crippen molar-refractivity contribution in [1.29, 1.82) is 0 Å². The van der Waals surface area contributed by atoms with Crippen LogP contribution in [0.4, 0.5) is 4.39 Å². The van der Waals surface area contributed by atoms with E-state index in [1.165, 1.54) is 6.07 Å². The quantitative estimate of drug-likeness (QED) is 0.556. The minimum atomic E-state index is -0.333. The molecular weight excluding hydrogens is 459 g/mol. The molecular formula is C14H8Br3FO2. The van der Waals surface area contributed by atoms with Crippen LogP contribution in [0, 0.1) is 5.82 Å². The summed E-state index contributed by atoms with van der Waals surface area (Å²) in [4.78, 5) is 10.8. The predicted octanol–water partition coefficient (Wildman–Crippen LogP) is 5.50. The van der Waals surface area contributed by atoms with Gasteiger partial charge in [-0.2, -0.15) is 0 Å². The summed E-state index contributed by atoms with van der Waals surface area (Å²) < 4.78 is 20.8. The van der Waals surface area contributed by atoms with Crippen molar-refractivity contribution in [2.75, 3.05) is 0 Å². The van der Waals surface area contributed by atoms with Crippen LogP contribution in [-0.4, -0.2) is 6.29 Å². The number of carbonyl (C=O) groups is 1. The molecule has 0 N–H and O–H groups in total. The molecule has 2 aromatic carbocycles. The van der Waals surface area contributed by atoms with Crippen LogP contribution in [0.5, 0.6) is 5.75 Å². The lowest BCUT2D eigenvalue weighted by atomic mass is 10.2. The van der Waals surface area contributed by atoms with Crippen molar-refractivity contribution < 1.29 is 13.9 Å². The van der Waals surface area contributed by atoms with Gasteiger partial charge in [0.15, 0.2) is 0 Å². The van der Waals surface area contributed by atoms with Crippen LogP contribution in [0.15, 0.2) is 43.7 Å². The number of hydrogen-bond donors (Lipinski definition) is 0. The average molecular weight is 467 g/mol. The minimum Gasteiger partial charge on any atom is -0.486 e. The largest absolute Gasteiger partial charge is 0.486 e. The van der Waals surface area contributed by atoms with Gasteiger partial charge in [0.05, 0.1) is 13.4 Å². The third-order valence-corrected chi connectivity index (χ3v) is 4.63. The Morgan fingerprint density at radius 2 is 1.80 bits per heavy atom. The lowest BCUT2D eigenvalue weighted by Gasteiger charge is -2.12. The van der Waals surface area contributed by atoms with Crippen molar-refractivity contribution in [2.45, 2.75) is 6.61 Å². The summed E-state index contributed by atoms with van der Waals surface area (Å²) in [5, 5.41) is 0. The summed E-state index contributed by atoms with van der Waals surface area (Å²) in [7, 11) is 0. The van der Waals surface area contributed by atoms with E-state index in [2.05, 4.69) is 47.8 Å². The Morgan fingerprint density at radius 1 is 1.15 bits per heavy atom. The molecule has 104 valence electrons. The molecule has 0 fully saturated rings. The highest BCUT2D eigenvalue weighted by Gasteiger charge is 2.11. The molecule has 0 atom stereocenters. The molecule has 0 amide bonds. The number of halogens is 4. The van der Waals surface area contributed by atoms with Gasteiger partial charge in [-0.05, 0) is 66.0 Å². The Hall–Kier alpha value is -0.720. The summed E-state index contributed by atoms with van der Waals surface area (Å²) in [6.45, 7) is 0.204. The van der Waals surface area contributed by atoms with E-state index in [4.69, 9.17) is 4.74 Å². The fourth-order valence-electron chi connectivity index (χ4n) is 1.60. The predicted molar refractivity (Wildman–Crippen MR) is 85.7 cm³/mol. The lowest BCUT2D eigenvalue weighted by molar-refractivity contribution is 0.112. The molecule has 2 rings (SSSR count). The fraction of sp³-hybridized carbons (Fsp3) is 0.0714. The van der Waals surface area contributed by atoms with Crippen LogP contribution < -0.4 is 4.74 Å². The maximum Gasteiger partial charge on any atom is 0.150 e. The number of benzene rings is 2. The normalized spacial score (nSPS) is 10.4. The second kappa shape index (κ2) is 6.83. The maximum atomic E-state index is 13.4. The Balaban J connectivity index is 2.23. The highest BCUT2D eigenvalue weighted by atomic mass is 79.9. The van der Waals surface area contributed by atoms with Gasteiger partial charge in [0, 0.05) is 11.1 Å². The van der Waals surface area contributed by atoms with Crippen LogP contribution in [0.3, 0.4) is 0 Å². The van der Waals surface area contributed by atoms with E-state index >= 15 is 0 Å². The van der Waals surface area contributed by atoms with Crippen molar-refractivity contribution in [3.05, 3.63) is 60.7 Å². The summed E-state index contributed by atoms with van der Waals surface area (Å²) >= 11 is 9.88. The van der Waals surface area contributed by atoms with E-state index in [9.17, 15) is 9.18 Å². The van der Waals surface area contributed by atoms with Gasteiger partial charge in [0.1, 0.15) is 24.5 Å². The molecule has 0 aromatic heterocycles. The van der Waals surface area contributed by atoms with Gasteiger partial charge in [0.25, 0.3) is 0 Å². The minimum absolute atomic E-state index is 0.204. The van der Waals surface area contributed by atoms with Crippen LogP contribution in [0.1, 0.15) is 15.9 Å². The zero-order valence-electron chi connectivity index (χ0n) is 10.00. The highest BCUT2D eigenvalue weighted by Crippen LogP contribution is 2.35. The first-order valence-corrected chi connectivity index (χ1v) is 7.90. The summed E-state index contributed by atoms with van der Waals surface area (Å²) in [5.74, 6) is 0.229. The second-order valence-corrected chi connectivity index (χ2v) is 6.43. The van der Waals surface area contributed by atoms with Gasteiger partial charge in [-0.25, -0.2) is 4.39 Å². The first-order chi connectivity index (χ1) is 9.52. The third kappa shape index (κ3) is 3.48. The van der Waals surface area contributed by atoms with Crippen molar-refractivity contribution in [3.8, 4) is 5.75 Å². The van der Waals surface area contributed by atoms with Gasteiger partial charge in [-0.1, -0.05) is 12.1 Å². The first kappa shape index (κ1) is 15.7. The number of ether oxygens (including phenoxy) is 1. The monoisotopic (exact) mass is 464 g/mol. The molecule has 0 radical (unpaired) electrons. The second-order valence-electron chi connectivity index (χ2n) is 3.93. The molecule has 2 nitrogen and oxygen atoms in total. The maximum absolute atomic E-state index is 13.4. The average Bonchev–Trinajstić information content (AvgIpc) is 2.42. The third-order valence-electron chi connectivity index (χ3n) is 2.56. The highest BCUT2D eigenvalue weighted by molar-refractivity contribution is 9.11. The summed E-state index contributed by atoms with van der Waals surface area (Å²) in [6.07, 6.45) is 0.752. The molecule has 0 saturated heterocycles. The van der Waals surface area contributed by atoms with Crippen molar-refractivity contribution in [3.63, 3.8) is 0 Å². The van der Waals surface area contributed by atoms with Gasteiger partial charge in [-0.15, -0.1) is 0 Å². The van der Waals surface area contributed by atoms with Gasteiger partial charge in [-0.3, -0.25) is 4.79 Å². The van der Waals surface area contributed by atoms with Crippen LogP contribution >= 0.6 is 47.8 Å². The standard InChI is InChI=1S/C14H8Br3FO2/c15-10-4-8(6-19)5-11(16)14(10)20-7-9-2-1-3-12(18)13(9)17/h1-6H,7H2. The number of aldehydes is 1. The van der Waals surface area contributed by atoms with E-state index in [1.54, 1.807) is 24.3 Å².